The van der Waals surface area contributed by atoms with Gasteiger partial charge in [0.2, 0.25) is 0 Å². The minimum Gasteiger partial charge on any atom is -0.505 e. The van der Waals surface area contributed by atoms with E-state index in [4.69, 9.17) is 15.5 Å². The molecule has 1 aliphatic heterocycles. The Hall–Kier alpha value is -4.44. The van der Waals surface area contributed by atoms with E-state index in [-0.39, 0.29) is 24.6 Å². The van der Waals surface area contributed by atoms with Crippen LogP contribution in [-0.4, -0.2) is 62.4 Å². The molecule has 2 aliphatic rings. The van der Waals surface area contributed by atoms with Gasteiger partial charge in [0.1, 0.15) is 17.4 Å². The van der Waals surface area contributed by atoms with Gasteiger partial charge in [-0.25, -0.2) is 13.8 Å². The number of hydrogen-bond acceptors (Lipinski definition) is 5. The number of carbonyl (C=O) groups is 1. The molecule has 0 radical (unpaired) electrons. The number of likely N-dealkylation sites (tertiary alicyclic amines) is 1. The minimum atomic E-state index is -1.16. The molecule has 2 fully saturated rings. The van der Waals surface area contributed by atoms with Crippen molar-refractivity contribution in [1.82, 2.24) is 19.0 Å². The van der Waals surface area contributed by atoms with Crippen LogP contribution in [0.1, 0.15) is 29.6 Å². The molecule has 1 unspecified atom stereocenters. The Morgan fingerprint density at radius 2 is 1.93 bits per heavy atom. The molecule has 2 atom stereocenters. The quantitative estimate of drug-likeness (QED) is 0.269. The van der Waals surface area contributed by atoms with E-state index in [1.54, 1.807) is 25.3 Å². The Morgan fingerprint density at radius 1 is 1.12 bits per heavy atom. The molecular weight excluding hydrogens is 552 g/mol. The van der Waals surface area contributed by atoms with Crippen LogP contribution in [-0.2, 0) is 13.6 Å². The number of aromatic nitrogens is 3. The number of methoxy groups -OCH3 is 1. The van der Waals surface area contributed by atoms with Gasteiger partial charge in [-0.15, -0.1) is 0 Å². The normalized spacial score (nSPS) is 19.0. The highest BCUT2D eigenvalue weighted by atomic mass is 19.1. The first-order chi connectivity index (χ1) is 20.7. The number of ether oxygens (including phenoxy) is 1. The summed E-state index contributed by atoms with van der Waals surface area (Å²) in [7, 11) is 3.47. The monoisotopic (exact) mass is 585 g/mol. The first kappa shape index (κ1) is 27.4. The number of nitrogens with zero attached hydrogens (tertiary/aromatic N) is 4. The third kappa shape index (κ3) is 4.79. The second-order valence-corrected chi connectivity index (χ2v) is 11.8. The third-order valence-corrected chi connectivity index (χ3v) is 8.67. The van der Waals surface area contributed by atoms with Gasteiger partial charge in [-0.2, -0.15) is 0 Å². The highest BCUT2D eigenvalue weighted by molar-refractivity contribution is 6.01. The number of amides is 1. The first-order valence-electron chi connectivity index (χ1n) is 14.6. The van der Waals surface area contributed by atoms with Crippen molar-refractivity contribution in [2.75, 3.05) is 20.2 Å². The highest BCUT2D eigenvalue weighted by Gasteiger charge is 2.31. The number of hydrogen-bond donors (Lipinski definition) is 2. The number of rotatable bonds is 6. The van der Waals surface area contributed by atoms with Crippen LogP contribution < -0.4 is 10.5 Å². The van der Waals surface area contributed by atoms with Crippen molar-refractivity contribution in [3.8, 4) is 34.1 Å². The molecule has 3 aromatic carbocycles. The fourth-order valence-electron chi connectivity index (χ4n) is 6.41. The van der Waals surface area contributed by atoms with E-state index in [0.717, 1.165) is 47.1 Å². The second-order valence-electron chi connectivity index (χ2n) is 11.8. The lowest BCUT2D eigenvalue weighted by atomic mass is 10.0. The van der Waals surface area contributed by atoms with Crippen molar-refractivity contribution in [2.24, 2.45) is 18.7 Å². The molecule has 222 valence electrons. The standard InChI is InChI=1S/C33H33F2N5O3/c1-38-31-26(11-21(13-29(31)43-2)33(42)39-16-22(34)14-23(36)17-39)37-32(38)27-12-20-4-3-5-24(19-8-9-28(41)25(35)10-19)30(20)40(27)15-18-6-7-18/h3-5,8-13,18,22-23,41H,6-7,14-17,36H2,1-2H3/t22?,23-/m1/s1. The molecule has 3 heterocycles. The Kier molecular flexibility index (Phi) is 6.61. The van der Waals surface area contributed by atoms with Crippen LogP contribution in [0.5, 0.6) is 11.5 Å². The maximum Gasteiger partial charge on any atom is 0.254 e. The summed E-state index contributed by atoms with van der Waals surface area (Å²) in [6.07, 6.45) is 1.36. The summed E-state index contributed by atoms with van der Waals surface area (Å²) in [6.45, 7) is 1.08. The number of benzene rings is 3. The van der Waals surface area contributed by atoms with Gasteiger partial charge < -0.3 is 29.6 Å². The fraction of sp³-hybridized carbons (Fsp3) is 0.333. The smallest absolute Gasteiger partial charge is 0.254 e. The predicted octanol–water partition coefficient (Wildman–Crippen LogP) is 5.64. The van der Waals surface area contributed by atoms with Gasteiger partial charge in [-0.3, -0.25) is 4.79 Å². The highest BCUT2D eigenvalue weighted by Crippen LogP contribution is 2.41. The molecule has 0 bridgehead atoms. The van der Waals surface area contributed by atoms with Crippen LogP contribution in [0.3, 0.4) is 0 Å². The summed E-state index contributed by atoms with van der Waals surface area (Å²) in [4.78, 5) is 19.9. The Morgan fingerprint density at radius 3 is 2.65 bits per heavy atom. The van der Waals surface area contributed by atoms with E-state index in [0.29, 0.717) is 40.7 Å². The zero-order valence-electron chi connectivity index (χ0n) is 24.1. The van der Waals surface area contributed by atoms with Crippen molar-refractivity contribution >= 4 is 27.8 Å². The van der Waals surface area contributed by atoms with Crippen molar-refractivity contribution in [3.05, 3.63) is 66.0 Å². The molecule has 1 amide bonds. The number of halogens is 2. The molecule has 1 saturated heterocycles. The molecule has 1 saturated carbocycles. The van der Waals surface area contributed by atoms with E-state index in [1.807, 2.05) is 29.8 Å². The SMILES string of the molecule is COc1cc(C(=O)N2CC(F)C[C@@H](N)C2)cc2nc(-c3cc4cccc(-c5ccc(O)c(F)c5)c4n3CC3CC3)n(C)c12. The van der Waals surface area contributed by atoms with E-state index in [1.165, 1.54) is 17.0 Å². The summed E-state index contributed by atoms with van der Waals surface area (Å²) in [5, 5.41) is 10.8. The van der Waals surface area contributed by atoms with Crippen LogP contribution >= 0.6 is 0 Å². The average molecular weight is 586 g/mol. The largest absolute Gasteiger partial charge is 0.505 e. The number of imidazole rings is 1. The van der Waals surface area contributed by atoms with Crippen molar-refractivity contribution in [2.45, 2.75) is 38.0 Å². The zero-order chi connectivity index (χ0) is 30.0. The molecule has 0 spiro atoms. The number of piperidine rings is 1. The summed E-state index contributed by atoms with van der Waals surface area (Å²) >= 11 is 0. The summed E-state index contributed by atoms with van der Waals surface area (Å²) in [5.41, 5.74) is 11.1. The van der Waals surface area contributed by atoms with Gasteiger partial charge in [0.05, 0.1) is 30.4 Å². The summed E-state index contributed by atoms with van der Waals surface area (Å²) in [5.74, 6) is 0.355. The lowest BCUT2D eigenvalue weighted by Gasteiger charge is -2.33. The summed E-state index contributed by atoms with van der Waals surface area (Å²) < 4.78 is 38.6. The minimum absolute atomic E-state index is 0.00882. The fourth-order valence-corrected chi connectivity index (χ4v) is 6.41. The van der Waals surface area contributed by atoms with Gasteiger partial charge in [0, 0.05) is 42.7 Å². The maximum atomic E-state index is 14.4. The van der Waals surface area contributed by atoms with Crippen LogP contribution in [0.4, 0.5) is 8.78 Å². The van der Waals surface area contributed by atoms with E-state index >= 15 is 0 Å². The number of aromatic hydroxyl groups is 1. The van der Waals surface area contributed by atoms with Gasteiger partial charge >= 0.3 is 0 Å². The molecule has 8 nitrogen and oxygen atoms in total. The lowest BCUT2D eigenvalue weighted by molar-refractivity contribution is 0.0606. The molecule has 10 heteroatoms. The van der Waals surface area contributed by atoms with E-state index in [2.05, 4.69) is 10.6 Å². The number of aryl methyl sites for hydroxylation is 1. The number of carbonyl (C=O) groups excluding carboxylic acids is 1. The molecule has 43 heavy (non-hydrogen) atoms. The molecule has 7 rings (SSSR count). The molecule has 1 aliphatic carbocycles. The number of fused-ring (bicyclic) bond motifs is 2. The van der Waals surface area contributed by atoms with Crippen molar-refractivity contribution in [3.63, 3.8) is 0 Å². The number of phenolic OH excluding ortho intramolecular Hbond substituents is 1. The van der Waals surface area contributed by atoms with Gasteiger partial charge in [0.25, 0.3) is 5.91 Å². The Bertz CT molecular complexity index is 1880. The van der Waals surface area contributed by atoms with Gasteiger partial charge in [-0.1, -0.05) is 24.3 Å². The molecule has 2 aromatic heterocycles. The second kappa shape index (κ2) is 10.4. The Balaban J connectivity index is 1.38. The predicted molar refractivity (Wildman–Crippen MR) is 161 cm³/mol. The molecule has 5 aromatic rings. The van der Waals surface area contributed by atoms with Crippen LogP contribution in [0.25, 0.3) is 44.6 Å². The zero-order valence-corrected chi connectivity index (χ0v) is 24.1. The van der Waals surface area contributed by atoms with Gasteiger partial charge in [0.15, 0.2) is 17.4 Å². The average Bonchev–Trinajstić information content (AvgIpc) is 3.65. The third-order valence-electron chi connectivity index (χ3n) is 8.67. The Labute approximate surface area is 247 Å². The van der Waals surface area contributed by atoms with Crippen LogP contribution in [0.15, 0.2) is 54.6 Å². The number of phenols is 1. The molecular formula is C33H33F2N5O3. The van der Waals surface area contributed by atoms with Crippen molar-refractivity contribution in [1.29, 1.82) is 0 Å². The molecule has 3 N–H and O–H groups in total. The topological polar surface area (TPSA) is 98.5 Å². The number of nitrogens with two attached hydrogens (primary N) is 1. The van der Waals surface area contributed by atoms with Crippen LogP contribution in [0.2, 0.25) is 0 Å². The van der Waals surface area contributed by atoms with E-state index < -0.39 is 18.0 Å². The summed E-state index contributed by atoms with van der Waals surface area (Å²) in [6, 6.07) is 15.5. The number of para-hydroxylation sites is 1. The van der Waals surface area contributed by atoms with Crippen LogP contribution in [0, 0.1) is 11.7 Å². The number of alkyl halides is 1. The van der Waals surface area contributed by atoms with E-state index in [9.17, 15) is 18.7 Å². The first-order valence-corrected chi connectivity index (χ1v) is 14.6. The maximum absolute atomic E-state index is 14.4. The van der Waals surface area contributed by atoms with Crippen molar-refractivity contribution < 1.29 is 23.4 Å². The van der Waals surface area contributed by atoms with Gasteiger partial charge in [-0.05, 0) is 61.1 Å². The lowest BCUT2D eigenvalue weighted by Crippen LogP contribution is -2.50.